The number of nitrogens with one attached hydrogen (secondary N) is 2. The lowest BCUT2D eigenvalue weighted by atomic mass is 9.96. The molecular formula is C21H17N3O2S2. The Morgan fingerprint density at radius 1 is 1.04 bits per heavy atom. The number of fused-ring (bicyclic) bond motifs is 1. The van der Waals surface area contributed by atoms with Crippen LogP contribution in [-0.2, 0) is 12.8 Å². The van der Waals surface area contributed by atoms with Crippen molar-refractivity contribution < 1.29 is 9.59 Å². The molecule has 0 saturated carbocycles. The van der Waals surface area contributed by atoms with Gasteiger partial charge < -0.3 is 10.6 Å². The Kier molecular flexibility index (Phi) is 5.24. The minimum Gasteiger partial charge on any atom is -0.321 e. The lowest BCUT2D eigenvalue weighted by Crippen LogP contribution is -2.14. The number of anilines is 2. The number of aryl methyl sites for hydroxylation is 1. The maximum Gasteiger partial charge on any atom is 0.265 e. The molecule has 28 heavy (non-hydrogen) atoms. The molecule has 1 aliphatic rings. The second-order valence-electron chi connectivity index (χ2n) is 6.49. The molecule has 0 radical (unpaired) electrons. The van der Waals surface area contributed by atoms with E-state index in [2.05, 4.69) is 16.7 Å². The molecule has 2 aromatic heterocycles. The molecule has 1 aliphatic carbocycles. The van der Waals surface area contributed by atoms with Crippen LogP contribution in [0.1, 0.15) is 48.9 Å². The van der Waals surface area contributed by atoms with Crippen molar-refractivity contribution in [2.45, 2.75) is 25.7 Å². The van der Waals surface area contributed by atoms with Crippen LogP contribution in [-0.4, -0.2) is 11.8 Å². The number of hydrogen-bond acceptors (Lipinski definition) is 5. The van der Waals surface area contributed by atoms with Gasteiger partial charge in [0.25, 0.3) is 11.8 Å². The van der Waals surface area contributed by atoms with Crippen LogP contribution in [0.15, 0.2) is 41.8 Å². The summed E-state index contributed by atoms with van der Waals surface area (Å²) in [5.41, 5.74) is 2.66. The third kappa shape index (κ3) is 3.70. The molecule has 3 aromatic rings. The molecule has 7 heteroatoms. The Bertz CT molecular complexity index is 1080. The van der Waals surface area contributed by atoms with Gasteiger partial charge in [0, 0.05) is 16.1 Å². The fourth-order valence-corrected chi connectivity index (χ4v) is 5.14. The quantitative estimate of drug-likeness (QED) is 0.634. The highest BCUT2D eigenvalue weighted by molar-refractivity contribution is 7.16. The number of nitriles is 1. The second kappa shape index (κ2) is 7.97. The first-order valence-electron chi connectivity index (χ1n) is 8.96. The Hall–Kier alpha value is -2.95. The normalized spacial score (nSPS) is 12.7. The zero-order valence-electron chi connectivity index (χ0n) is 15.0. The van der Waals surface area contributed by atoms with Gasteiger partial charge in [0.2, 0.25) is 0 Å². The van der Waals surface area contributed by atoms with E-state index in [0.29, 0.717) is 26.7 Å². The van der Waals surface area contributed by atoms with Crippen molar-refractivity contribution in [3.05, 3.63) is 68.2 Å². The molecule has 1 aromatic carbocycles. The molecule has 0 saturated heterocycles. The molecular weight excluding hydrogens is 390 g/mol. The molecule has 5 nitrogen and oxygen atoms in total. The van der Waals surface area contributed by atoms with Crippen molar-refractivity contribution in [1.29, 1.82) is 5.26 Å². The fourth-order valence-electron chi connectivity index (χ4n) is 3.29. The summed E-state index contributed by atoms with van der Waals surface area (Å²) in [6.45, 7) is 0. The van der Waals surface area contributed by atoms with Crippen molar-refractivity contribution in [2.24, 2.45) is 0 Å². The zero-order valence-corrected chi connectivity index (χ0v) is 16.6. The smallest absolute Gasteiger partial charge is 0.265 e. The number of hydrogen-bond donors (Lipinski definition) is 2. The number of carbonyl (C=O) groups is 2. The van der Waals surface area contributed by atoms with Gasteiger partial charge in [-0.2, -0.15) is 5.26 Å². The third-order valence-corrected chi connectivity index (χ3v) is 6.71. The molecule has 0 atom stereocenters. The molecule has 2 amide bonds. The average Bonchev–Trinajstić information content (AvgIpc) is 3.36. The molecule has 140 valence electrons. The van der Waals surface area contributed by atoms with Gasteiger partial charge in [-0.1, -0.05) is 12.1 Å². The highest BCUT2D eigenvalue weighted by Crippen LogP contribution is 2.37. The summed E-state index contributed by atoms with van der Waals surface area (Å²) in [5.74, 6) is -0.493. The van der Waals surface area contributed by atoms with E-state index in [9.17, 15) is 14.9 Å². The molecule has 0 fully saturated rings. The van der Waals surface area contributed by atoms with E-state index < -0.39 is 0 Å². The van der Waals surface area contributed by atoms with Gasteiger partial charge in [-0.3, -0.25) is 9.59 Å². The van der Waals surface area contributed by atoms with Crippen LogP contribution >= 0.6 is 22.7 Å². The summed E-state index contributed by atoms with van der Waals surface area (Å²) >= 11 is 2.86. The Balaban J connectivity index is 1.52. The van der Waals surface area contributed by atoms with Crippen LogP contribution in [0, 0.1) is 11.3 Å². The molecule has 2 N–H and O–H groups in total. The summed E-state index contributed by atoms with van der Waals surface area (Å²) in [6, 6.07) is 12.6. The largest absolute Gasteiger partial charge is 0.321 e. The van der Waals surface area contributed by atoms with Crippen LogP contribution in [0.3, 0.4) is 0 Å². The number of carbonyl (C=O) groups excluding carboxylic acids is 2. The zero-order chi connectivity index (χ0) is 19.5. The number of amides is 2. The van der Waals surface area contributed by atoms with Gasteiger partial charge in [0.15, 0.2) is 0 Å². The SMILES string of the molecule is N#Cc1c(NC(=O)c2cccc(NC(=O)c3cccs3)c2)sc2c1CCCC2. The first-order chi connectivity index (χ1) is 13.7. The predicted molar refractivity (Wildman–Crippen MR) is 112 cm³/mol. The van der Waals surface area contributed by atoms with Gasteiger partial charge in [0.05, 0.1) is 10.4 Å². The Morgan fingerprint density at radius 3 is 2.68 bits per heavy atom. The summed E-state index contributed by atoms with van der Waals surface area (Å²) in [6.07, 6.45) is 4.07. The third-order valence-electron chi connectivity index (χ3n) is 4.64. The standard InChI is InChI=1S/C21H17N3O2S2/c22-12-16-15-7-1-2-8-17(15)28-21(16)24-19(25)13-5-3-6-14(11-13)23-20(26)18-9-4-10-27-18/h3-6,9-11H,1-2,7-8H2,(H,23,26)(H,24,25). The molecule has 0 spiro atoms. The van der Waals surface area contributed by atoms with E-state index in [-0.39, 0.29) is 11.8 Å². The summed E-state index contributed by atoms with van der Waals surface area (Å²) in [4.78, 5) is 26.8. The van der Waals surface area contributed by atoms with Crippen LogP contribution < -0.4 is 10.6 Å². The number of thiophene rings is 2. The number of rotatable bonds is 4. The number of benzene rings is 1. The van der Waals surface area contributed by atoms with E-state index in [0.717, 1.165) is 31.2 Å². The molecule has 0 aliphatic heterocycles. The van der Waals surface area contributed by atoms with Gasteiger partial charge in [0.1, 0.15) is 11.1 Å². The monoisotopic (exact) mass is 407 g/mol. The van der Waals surface area contributed by atoms with Crippen LogP contribution in [0.4, 0.5) is 10.7 Å². The molecule has 0 unspecified atom stereocenters. The molecule has 0 bridgehead atoms. The average molecular weight is 408 g/mol. The van der Waals surface area contributed by atoms with Gasteiger partial charge in [-0.15, -0.1) is 22.7 Å². The second-order valence-corrected chi connectivity index (χ2v) is 8.55. The highest BCUT2D eigenvalue weighted by Gasteiger charge is 2.22. The first-order valence-corrected chi connectivity index (χ1v) is 10.7. The van der Waals surface area contributed by atoms with Gasteiger partial charge >= 0.3 is 0 Å². The lowest BCUT2D eigenvalue weighted by molar-refractivity contribution is 0.101. The van der Waals surface area contributed by atoms with E-state index >= 15 is 0 Å². The first kappa shape index (κ1) is 18.4. The van der Waals surface area contributed by atoms with Crippen molar-refractivity contribution >= 4 is 45.2 Å². The minimum atomic E-state index is -0.290. The van der Waals surface area contributed by atoms with Crippen LogP contribution in [0.2, 0.25) is 0 Å². The van der Waals surface area contributed by atoms with E-state index in [4.69, 9.17) is 0 Å². The van der Waals surface area contributed by atoms with Crippen molar-refractivity contribution in [2.75, 3.05) is 10.6 Å². The Morgan fingerprint density at radius 2 is 1.89 bits per heavy atom. The molecule has 4 rings (SSSR count). The van der Waals surface area contributed by atoms with Crippen molar-refractivity contribution in [1.82, 2.24) is 0 Å². The summed E-state index contributed by atoms with van der Waals surface area (Å²) < 4.78 is 0. The van der Waals surface area contributed by atoms with Crippen LogP contribution in [0.5, 0.6) is 0 Å². The van der Waals surface area contributed by atoms with E-state index in [1.165, 1.54) is 27.6 Å². The van der Waals surface area contributed by atoms with Gasteiger partial charge in [-0.05, 0) is 60.9 Å². The summed E-state index contributed by atoms with van der Waals surface area (Å²) in [5, 5.41) is 17.7. The van der Waals surface area contributed by atoms with Crippen molar-refractivity contribution in [3.8, 4) is 6.07 Å². The lowest BCUT2D eigenvalue weighted by Gasteiger charge is -2.09. The van der Waals surface area contributed by atoms with E-state index in [1.54, 1.807) is 30.3 Å². The Labute approximate surface area is 170 Å². The van der Waals surface area contributed by atoms with Gasteiger partial charge in [-0.25, -0.2) is 0 Å². The molecule has 2 heterocycles. The predicted octanol–water partition coefficient (Wildman–Crippen LogP) is 5.06. The van der Waals surface area contributed by atoms with E-state index in [1.807, 2.05) is 11.4 Å². The maximum absolute atomic E-state index is 12.7. The van der Waals surface area contributed by atoms with Crippen molar-refractivity contribution in [3.63, 3.8) is 0 Å². The highest BCUT2D eigenvalue weighted by atomic mass is 32.1. The topological polar surface area (TPSA) is 82.0 Å². The van der Waals surface area contributed by atoms with Crippen LogP contribution in [0.25, 0.3) is 0 Å². The summed E-state index contributed by atoms with van der Waals surface area (Å²) in [7, 11) is 0. The maximum atomic E-state index is 12.7. The minimum absolute atomic E-state index is 0.203. The fraction of sp³-hybridized carbons (Fsp3) is 0.190. The number of nitrogens with zero attached hydrogens (tertiary/aromatic N) is 1.